The van der Waals surface area contributed by atoms with Crippen LogP contribution in [0.5, 0.6) is 0 Å². The molecule has 0 amide bonds. The number of unbranched alkanes of at least 4 members (excludes halogenated alkanes) is 10. The molecule has 2 nitrogen and oxygen atoms in total. The molecule has 0 fully saturated rings. The van der Waals surface area contributed by atoms with E-state index in [1.165, 1.54) is 77.0 Å². The van der Waals surface area contributed by atoms with Gasteiger partial charge in [0.05, 0.1) is 6.61 Å². The number of halogens is 1. The fourth-order valence-corrected chi connectivity index (χ4v) is 3.67. The molecule has 0 aliphatic carbocycles. The van der Waals surface area contributed by atoms with Crippen molar-refractivity contribution in [2.24, 2.45) is 5.92 Å². The van der Waals surface area contributed by atoms with E-state index in [4.69, 9.17) is 4.74 Å². The van der Waals surface area contributed by atoms with Crippen LogP contribution in [0, 0.1) is 5.92 Å². The lowest BCUT2D eigenvalue weighted by molar-refractivity contribution is -0.145. The van der Waals surface area contributed by atoms with Gasteiger partial charge in [-0.2, -0.15) is 0 Å². The summed E-state index contributed by atoms with van der Waals surface area (Å²) in [6.07, 6.45) is 19.5. The van der Waals surface area contributed by atoms with Crippen LogP contribution in [0.4, 0.5) is 0 Å². The molecule has 1 unspecified atom stereocenters. The van der Waals surface area contributed by atoms with Crippen molar-refractivity contribution in [1.82, 2.24) is 0 Å². The van der Waals surface area contributed by atoms with E-state index in [2.05, 4.69) is 29.8 Å². The monoisotopic (exact) mass is 418 g/mol. The second kappa shape index (κ2) is 20.3. The first kappa shape index (κ1) is 24.9. The Bertz CT molecular complexity index is 281. The molecule has 0 bridgehead atoms. The van der Waals surface area contributed by atoms with E-state index in [-0.39, 0.29) is 5.97 Å². The minimum Gasteiger partial charge on any atom is -0.466 e. The molecule has 25 heavy (non-hydrogen) atoms. The lowest BCUT2D eigenvalue weighted by atomic mass is 9.91. The molecular weight excluding hydrogens is 376 g/mol. The molecule has 1 atom stereocenters. The largest absolute Gasteiger partial charge is 0.466 e. The second-order valence-corrected chi connectivity index (χ2v) is 8.24. The maximum Gasteiger partial charge on any atom is 0.306 e. The molecule has 0 heterocycles. The number of alkyl halides is 1. The summed E-state index contributed by atoms with van der Waals surface area (Å²) in [5.41, 5.74) is 0. The Labute approximate surface area is 166 Å². The van der Waals surface area contributed by atoms with Crippen molar-refractivity contribution in [3.63, 3.8) is 0 Å². The van der Waals surface area contributed by atoms with Gasteiger partial charge in [0.1, 0.15) is 0 Å². The minimum absolute atomic E-state index is 0.0327. The molecule has 3 heteroatoms. The van der Waals surface area contributed by atoms with Crippen LogP contribution < -0.4 is 0 Å². The van der Waals surface area contributed by atoms with E-state index < -0.39 is 0 Å². The summed E-state index contributed by atoms with van der Waals surface area (Å²) in [6, 6.07) is 0. The highest BCUT2D eigenvalue weighted by molar-refractivity contribution is 9.09. The van der Waals surface area contributed by atoms with Gasteiger partial charge in [0, 0.05) is 11.8 Å². The first-order valence-corrected chi connectivity index (χ1v) is 12.1. The minimum atomic E-state index is 0.0327. The van der Waals surface area contributed by atoms with Crippen LogP contribution in [0.3, 0.4) is 0 Å². The quantitative estimate of drug-likeness (QED) is 0.121. The standard InChI is InChI=1S/C22H43BrO2/c1-3-5-7-9-10-13-17-21(16-12-8-6-4-2)20-22(24)25-19-15-11-14-18-23/h21H,3-20H2,1-2H3. The van der Waals surface area contributed by atoms with E-state index in [0.29, 0.717) is 18.9 Å². The number of hydrogen-bond donors (Lipinski definition) is 0. The van der Waals surface area contributed by atoms with Crippen LogP contribution in [-0.2, 0) is 9.53 Å². The van der Waals surface area contributed by atoms with E-state index in [1.54, 1.807) is 0 Å². The highest BCUT2D eigenvalue weighted by atomic mass is 79.9. The molecule has 0 aromatic carbocycles. The average Bonchev–Trinajstić information content (AvgIpc) is 2.61. The normalized spacial score (nSPS) is 12.3. The molecule has 0 saturated carbocycles. The lowest BCUT2D eigenvalue weighted by Gasteiger charge is -2.16. The number of esters is 1. The zero-order valence-electron chi connectivity index (χ0n) is 17.0. The summed E-state index contributed by atoms with van der Waals surface area (Å²) in [4.78, 5) is 12.1. The van der Waals surface area contributed by atoms with Crippen LogP contribution in [0.15, 0.2) is 0 Å². The van der Waals surface area contributed by atoms with Crippen molar-refractivity contribution in [3.05, 3.63) is 0 Å². The number of carbonyl (C=O) groups is 1. The van der Waals surface area contributed by atoms with E-state index >= 15 is 0 Å². The van der Waals surface area contributed by atoms with Gasteiger partial charge in [-0.15, -0.1) is 0 Å². The predicted molar refractivity (Wildman–Crippen MR) is 113 cm³/mol. The van der Waals surface area contributed by atoms with Gasteiger partial charge in [0.25, 0.3) is 0 Å². The van der Waals surface area contributed by atoms with E-state index in [9.17, 15) is 4.79 Å². The Hall–Kier alpha value is -0.0500. The van der Waals surface area contributed by atoms with Crippen LogP contribution in [0.2, 0.25) is 0 Å². The Morgan fingerprint density at radius 3 is 1.88 bits per heavy atom. The van der Waals surface area contributed by atoms with Gasteiger partial charge in [-0.25, -0.2) is 0 Å². The summed E-state index contributed by atoms with van der Waals surface area (Å²) in [5.74, 6) is 0.573. The third-order valence-electron chi connectivity index (χ3n) is 4.93. The number of ether oxygens (including phenoxy) is 1. The van der Waals surface area contributed by atoms with Gasteiger partial charge in [0.15, 0.2) is 0 Å². The fraction of sp³-hybridized carbons (Fsp3) is 0.955. The molecule has 0 aliphatic heterocycles. The van der Waals surface area contributed by atoms with Crippen molar-refractivity contribution in [2.75, 3.05) is 11.9 Å². The molecule has 0 aromatic rings. The van der Waals surface area contributed by atoms with Gasteiger partial charge in [0.2, 0.25) is 0 Å². The van der Waals surface area contributed by atoms with Crippen molar-refractivity contribution < 1.29 is 9.53 Å². The number of carbonyl (C=O) groups excluding carboxylic acids is 1. The molecular formula is C22H43BrO2. The Morgan fingerprint density at radius 2 is 1.28 bits per heavy atom. The third kappa shape index (κ3) is 18.5. The maximum absolute atomic E-state index is 12.1. The molecule has 0 saturated heterocycles. The van der Waals surface area contributed by atoms with Crippen molar-refractivity contribution in [2.45, 2.75) is 117 Å². The van der Waals surface area contributed by atoms with E-state index in [1.807, 2.05) is 0 Å². The van der Waals surface area contributed by atoms with Crippen LogP contribution in [-0.4, -0.2) is 17.9 Å². The molecule has 0 radical (unpaired) electrons. The summed E-state index contributed by atoms with van der Waals surface area (Å²) in [7, 11) is 0. The van der Waals surface area contributed by atoms with Crippen molar-refractivity contribution in [3.8, 4) is 0 Å². The zero-order chi connectivity index (χ0) is 18.6. The first-order chi connectivity index (χ1) is 12.2. The Balaban J connectivity index is 3.95. The highest BCUT2D eigenvalue weighted by Crippen LogP contribution is 2.22. The van der Waals surface area contributed by atoms with Gasteiger partial charge < -0.3 is 4.74 Å². The zero-order valence-corrected chi connectivity index (χ0v) is 18.6. The van der Waals surface area contributed by atoms with Crippen molar-refractivity contribution in [1.29, 1.82) is 0 Å². The third-order valence-corrected chi connectivity index (χ3v) is 5.49. The van der Waals surface area contributed by atoms with Gasteiger partial charge in [-0.05, 0) is 38.0 Å². The van der Waals surface area contributed by atoms with Crippen LogP contribution in [0.25, 0.3) is 0 Å². The summed E-state index contributed by atoms with van der Waals surface area (Å²) in [6.45, 7) is 5.12. The van der Waals surface area contributed by atoms with Gasteiger partial charge in [-0.1, -0.05) is 94.0 Å². The van der Waals surface area contributed by atoms with Crippen LogP contribution in [0.1, 0.15) is 117 Å². The molecule has 0 aliphatic rings. The fourth-order valence-electron chi connectivity index (χ4n) is 3.28. The molecule has 150 valence electrons. The molecule has 0 rings (SSSR count). The van der Waals surface area contributed by atoms with Crippen molar-refractivity contribution >= 4 is 21.9 Å². The Kier molecular flexibility index (Phi) is 20.2. The molecule has 0 N–H and O–H groups in total. The number of hydrogen-bond acceptors (Lipinski definition) is 2. The van der Waals surface area contributed by atoms with Gasteiger partial charge >= 0.3 is 5.97 Å². The van der Waals surface area contributed by atoms with E-state index in [0.717, 1.165) is 24.6 Å². The SMILES string of the molecule is CCCCCCCCC(CCCCCC)CC(=O)OCCCCCBr. The topological polar surface area (TPSA) is 26.3 Å². The predicted octanol–water partition coefficient (Wildman–Crippen LogP) is 7.82. The first-order valence-electron chi connectivity index (χ1n) is 11.0. The average molecular weight is 419 g/mol. The summed E-state index contributed by atoms with van der Waals surface area (Å²) < 4.78 is 5.45. The molecule has 0 spiro atoms. The summed E-state index contributed by atoms with van der Waals surface area (Å²) >= 11 is 3.43. The highest BCUT2D eigenvalue weighted by Gasteiger charge is 2.14. The maximum atomic E-state index is 12.1. The molecule has 0 aromatic heterocycles. The smallest absolute Gasteiger partial charge is 0.306 e. The van der Waals surface area contributed by atoms with Crippen LogP contribution >= 0.6 is 15.9 Å². The number of rotatable bonds is 19. The second-order valence-electron chi connectivity index (χ2n) is 7.45. The van der Waals surface area contributed by atoms with Gasteiger partial charge in [-0.3, -0.25) is 4.79 Å². The lowest BCUT2D eigenvalue weighted by Crippen LogP contribution is -2.13. The Morgan fingerprint density at radius 1 is 0.760 bits per heavy atom. The summed E-state index contributed by atoms with van der Waals surface area (Å²) in [5, 5.41) is 1.04.